The molecular formula is C28H27N3O4. The molecule has 35 heavy (non-hydrogen) atoms. The number of hydrogen-bond acceptors (Lipinski definition) is 5. The first kappa shape index (κ1) is 23.5. The Kier molecular flexibility index (Phi) is 6.78. The van der Waals surface area contributed by atoms with E-state index in [0.29, 0.717) is 28.6 Å². The number of carbonyl (C=O) groups excluding carboxylic acids is 1. The average molecular weight is 470 g/mol. The van der Waals surface area contributed by atoms with Crippen molar-refractivity contribution in [2.75, 3.05) is 32.4 Å². The molecule has 0 aliphatic heterocycles. The molecule has 1 heterocycles. The second-order valence-electron chi connectivity index (χ2n) is 7.81. The number of aromatic nitrogens is 1. The summed E-state index contributed by atoms with van der Waals surface area (Å²) in [5.74, 6) is 1.37. The summed E-state index contributed by atoms with van der Waals surface area (Å²) in [6.07, 6.45) is 5.10. The molecule has 0 saturated carbocycles. The van der Waals surface area contributed by atoms with E-state index in [-0.39, 0.29) is 5.91 Å². The predicted octanol–water partition coefficient (Wildman–Crippen LogP) is 5.49. The summed E-state index contributed by atoms with van der Waals surface area (Å²) >= 11 is 0. The van der Waals surface area contributed by atoms with Crippen molar-refractivity contribution in [1.82, 2.24) is 4.98 Å². The molecule has 1 amide bonds. The summed E-state index contributed by atoms with van der Waals surface area (Å²) in [5.41, 5.74) is 11.4. The van der Waals surface area contributed by atoms with Crippen LogP contribution in [0.3, 0.4) is 0 Å². The molecule has 4 rings (SSSR count). The minimum atomic E-state index is -0.268. The first-order valence-corrected chi connectivity index (χ1v) is 10.9. The number of nitrogens with two attached hydrogens (primary N) is 1. The number of nitrogens with one attached hydrogen (secondary N) is 2. The van der Waals surface area contributed by atoms with Crippen molar-refractivity contribution in [3.05, 3.63) is 90.1 Å². The Morgan fingerprint density at radius 1 is 0.971 bits per heavy atom. The first-order valence-electron chi connectivity index (χ1n) is 10.9. The number of fused-ring (bicyclic) bond motifs is 1. The minimum absolute atomic E-state index is 0.268. The number of para-hydroxylation sites is 2. The zero-order chi connectivity index (χ0) is 24.9. The normalized spacial score (nSPS) is 10.9. The topological polar surface area (TPSA) is 98.6 Å². The van der Waals surface area contributed by atoms with Crippen LogP contribution < -0.4 is 25.3 Å². The molecule has 178 valence electrons. The van der Waals surface area contributed by atoms with E-state index in [9.17, 15) is 4.79 Å². The van der Waals surface area contributed by atoms with Gasteiger partial charge in [0.05, 0.1) is 32.7 Å². The van der Waals surface area contributed by atoms with Crippen molar-refractivity contribution in [3.63, 3.8) is 0 Å². The van der Waals surface area contributed by atoms with Gasteiger partial charge in [-0.1, -0.05) is 24.8 Å². The van der Waals surface area contributed by atoms with Gasteiger partial charge >= 0.3 is 0 Å². The van der Waals surface area contributed by atoms with Gasteiger partial charge in [0.1, 0.15) is 0 Å². The van der Waals surface area contributed by atoms with Gasteiger partial charge in [0.15, 0.2) is 11.5 Å². The van der Waals surface area contributed by atoms with Crippen molar-refractivity contribution >= 4 is 39.8 Å². The zero-order valence-corrected chi connectivity index (χ0v) is 19.8. The molecule has 1 aromatic heterocycles. The number of H-pyrrole nitrogens is 1. The quantitative estimate of drug-likeness (QED) is 0.234. The lowest BCUT2D eigenvalue weighted by Gasteiger charge is -2.15. The molecule has 0 atom stereocenters. The molecule has 4 aromatic rings. The molecule has 0 radical (unpaired) electrons. The lowest BCUT2D eigenvalue weighted by atomic mass is 9.97. The van der Waals surface area contributed by atoms with Crippen LogP contribution in [0.2, 0.25) is 0 Å². The molecule has 0 spiro atoms. The van der Waals surface area contributed by atoms with Gasteiger partial charge in [-0.25, -0.2) is 0 Å². The molecule has 0 unspecified atom stereocenters. The number of carbonyl (C=O) groups is 1. The Morgan fingerprint density at radius 3 is 2.34 bits per heavy atom. The summed E-state index contributed by atoms with van der Waals surface area (Å²) in [6, 6.07) is 16.9. The maximum atomic E-state index is 12.4. The monoisotopic (exact) mass is 469 g/mol. The molecule has 0 saturated heterocycles. The number of ether oxygens (including phenoxy) is 3. The van der Waals surface area contributed by atoms with Gasteiger partial charge in [-0.15, -0.1) is 0 Å². The van der Waals surface area contributed by atoms with Crippen LogP contribution in [0.4, 0.5) is 11.4 Å². The van der Waals surface area contributed by atoms with E-state index in [1.165, 1.54) is 6.08 Å². The largest absolute Gasteiger partial charge is 0.493 e. The SMILES string of the molecule is C=C(c1cc(OC)c(OC)c(OC)c1)c1ccc2[nH]cc(/C=C/C(=O)Nc3ccccc3N)c2c1. The number of hydrogen-bond donors (Lipinski definition) is 3. The van der Waals surface area contributed by atoms with Crippen molar-refractivity contribution in [2.24, 2.45) is 0 Å². The van der Waals surface area contributed by atoms with Crippen molar-refractivity contribution in [1.29, 1.82) is 0 Å². The summed E-state index contributed by atoms with van der Waals surface area (Å²) in [6.45, 7) is 4.30. The molecular weight excluding hydrogens is 442 g/mol. The highest BCUT2D eigenvalue weighted by atomic mass is 16.5. The zero-order valence-electron chi connectivity index (χ0n) is 19.8. The smallest absolute Gasteiger partial charge is 0.248 e. The number of amides is 1. The summed E-state index contributed by atoms with van der Waals surface area (Å²) in [7, 11) is 4.73. The van der Waals surface area contributed by atoms with Crippen molar-refractivity contribution in [3.8, 4) is 17.2 Å². The fourth-order valence-electron chi connectivity index (χ4n) is 3.84. The van der Waals surface area contributed by atoms with E-state index in [1.807, 2.05) is 48.7 Å². The van der Waals surface area contributed by atoms with Gasteiger partial charge in [-0.3, -0.25) is 4.79 Å². The molecule has 0 aliphatic rings. The Bertz CT molecular complexity index is 1410. The highest BCUT2D eigenvalue weighted by molar-refractivity contribution is 6.05. The summed E-state index contributed by atoms with van der Waals surface area (Å²) < 4.78 is 16.4. The van der Waals surface area contributed by atoms with Crippen LogP contribution in [-0.4, -0.2) is 32.2 Å². The van der Waals surface area contributed by atoms with Gasteiger partial charge in [0, 0.05) is 23.2 Å². The van der Waals surface area contributed by atoms with Crippen molar-refractivity contribution < 1.29 is 19.0 Å². The van der Waals surface area contributed by atoms with Gasteiger partial charge in [-0.05, 0) is 64.7 Å². The van der Waals surface area contributed by atoms with Gasteiger partial charge in [0.25, 0.3) is 0 Å². The first-order chi connectivity index (χ1) is 16.9. The lowest BCUT2D eigenvalue weighted by molar-refractivity contribution is -0.111. The molecule has 4 N–H and O–H groups in total. The fourth-order valence-corrected chi connectivity index (χ4v) is 3.84. The number of benzene rings is 3. The summed E-state index contributed by atoms with van der Waals surface area (Å²) in [4.78, 5) is 15.7. The van der Waals surface area contributed by atoms with Crippen molar-refractivity contribution in [2.45, 2.75) is 0 Å². The number of anilines is 2. The average Bonchev–Trinajstić information content (AvgIpc) is 3.29. The second kappa shape index (κ2) is 10.1. The Hall–Kier alpha value is -4.65. The predicted molar refractivity (Wildman–Crippen MR) is 141 cm³/mol. The van der Waals surface area contributed by atoms with E-state index in [0.717, 1.165) is 33.2 Å². The van der Waals surface area contributed by atoms with Crippen LogP contribution in [-0.2, 0) is 4.79 Å². The van der Waals surface area contributed by atoms with Gasteiger partial charge in [-0.2, -0.15) is 0 Å². The minimum Gasteiger partial charge on any atom is -0.493 e. The molecule has 0 fully saturated rings. The van der Waals surface area contributed by atoms with E-state index in [2.05, 4.69) is 16.9 Å². The number of aromatic amines is 1. The third kappa shape index (κ3) is 4.84. The number of methoxy groups -OCH3 is 3. The van der Waals surface area contributed by atoms with Crippen LogP contribution in [0.15, 0.2) is 73.4 Å². The Labute approximate surface area is 203 Å². The lowest BCUT2D eigenvalue weighted by Crippen LogP contribution is -2.09. The van der Waals surface area contributed by atoms with Crippen LogP contribution in [0.1, 0.15) is 16.7 Å². The van der Waals surface area contributed by atoms with Crippen LogP contribution in [0, 0.1) is 0 Å². The summed E-state index contributed by atoms with van der Waals surface area (Å²) in [5, 5.41) is 3.75. The molecule has 7 nitrogen and oxygen atoms in total. The fraction of sp³-hybridized carbons (Fsp3) is 0.107. The Balaban J connectivity index is 1.62. The van der Waals surface area contributed by atoms with Gasteiger partial charge < -0.3 is 30.2 Å². The highest BCUT2D eigenvalue weighted by Gasteiger charge is 2.16. The molecule has 7 heteroatoms. The van der Waals surface area contributed by atoms with Gasteiger partial charge in [0.2, 0.25) is 11.7 Å². The number of nitrogen functional groups attached to an aromatic ring is 1. The van der Waals surface area contributed by atoms with E-state index >= 15 is 0 Å². The maximum absolute atomic E-state index is 12.4. The number of rotatable bonds is 8. The maximum Gasteiger partial charge on any atom is 0.248 e. The Morgan fingerprint density at radius 2 is 1.69 bits per heavy atom. The van der Waals surface area contributed by atoms with Crippen LogP contribution in [0.5, 0.6) is 17.2 Å². The standard InChI is InChI=1S/C28H27N3O4/c1-17(20-14-25(33-2)28(35-4)26(15-20)34-3)18-9-11-23-21(13-18)19(16-30-23)10-12-27(32)31-24-8-6-5-7-22(24)29/h5-16,30H,1,29H2,2-4H3,(H,31,32)/b12-10+. The molecule has 0 aliphatic carbocycles. The third-order valence-electron chi connectivity index (χ3n) is 5.71. The van der Waals surface area contributed by atoms with E-state index in [1.54, 1.807) is 39.5 Å². The third-order valence-corrected chi connectivity index (χ3v) is 5.71. The molecule has 0 bridgehead atoms. The van der Waals surface area contributed by atoms with E-state index in [4.69, 9.17) is 19.9 Å². The van der Waals surface area contributed by atoms with E-state index < -0.39 is 0 Å². The highest BCUT2D eigenvalue weighted by Crippen LogP contribution is 2.41. The molecule has 3 aromatic carbocycles. The van der Waals surface area contributed by atoms with Crippen LogP contribution in [0.25, 0.3) is 22.6 Å². The second-order valence-corrected chi connectivity index (χ2v) is 7.81. The van der Waals surface area contributed by atoms with Crippen LogP contribution >= 0.6 is 0 Å².